The van der Waals surface area contributed by atoms with Crippen molar-refractivity contribution in [3.8, 4) is 10.8 Å². The highest BCUT2D eigenvalue weighted by molar-refractivity contribution is 9.12. The van der Waals surface area contributed by atoms with Gasteiger partial charge in [0.25, 0.3) is 0 Å². The van der Waals surface area contributed by atoms with Gasteiger partial charge in [-0.15, -0.1) is 0 Å². The fourth-order valence-electron chi connectivity index (χ4n) is 4.10. The SMILES string of the molecule is CCCCCC[N+](CC#CBr)(CCCCCC)CCCCCC.Cc1ccc(S(=O)(=O)[O-])cc1. The summed E-state index contributed by atoms with van der Waals surface area (Å²) in [4.78, 5) is 2.80. The van der Waals surface area contributed by atoms with E-state index in [0.717, 1.165) is 12.1 Å². The molecule has 0 fully saturated rings. The van der Waals surface area contributed by atoms with E-state index in [4.69, 9.17) is 0 Å². The Morgan fingerprint density at radius 1 is 0.765 bits per heavy atom. The van der Waals surface area contributed by atoms with Crippen molar-refractivity contribution in [1.82, 2.24) is 0 Å². The van der Waals surface area contributed by atoms with Gasteiger partial charge in [-0.1, -0.05) is 77.0 Å². The van der Waals surface area contributed by atoms with E-state index in [1.54, 1.807) is 12.1 Å². The van der Waals surface area contributed by atoms with Crippen LogP contribution in [-0.2, 0) is 10.1 Å². The van der Waals surface area contributed by atoms with Crippen LogP contribution in [0.15, 0.2) is 29.2 Å². The summed E-state index contributed by atoms with van der Waals surface area (Å²) < 4.78 is 32.4. The van der Waals surface area contributed by atoms with Crippen LogP contribution in [0.1, 0.15) is 103 Å². The van der Waals surface area contributed by atoms with Crippen molar-refractivity contribution in [3.63, 3.8) is 0 Å². The van der Waals surface area contributed by atoms with E-state index in [1.807, 2.05) is 6.92 Å². The van der Waals surface area contributed by atoms with E-state index >= 15 is 0 Å². The standard InChI is InChI=1S/C21H41BrN.C7H8O3S/c1-4-7-10-13-18-23(21-16-17-22,19-14-11-8-5-2)20-15-12-9-6-3;1-6-2-4-7(5-3-6)11(8,9)10/h4-15,18-21H2,1-3H3;2-5H,1H3,(H,8,9,10)/q+1;/p-1. The number of unbranched alkanes of at least 4 members (excludes halogenated alkanes) is 9. The minimum absolute atomic E-state index is 0.178. The van der Waals surface area contributed by atoms with Crippen LogP contribution < -0.4 is 0 Å². The number of rotatable bonds is 17. The highest BCUT2D eigenvalue weighted by atomic mass is 79.9. The minimum Gasteiger partial charge on any atom is -0.744 e. The Bertz CT molecular complexity index is 751. The number of hydrogen-bond acceptors (Lipinski definition) is 3. The number of aryl methyl sites for hydroxylation is 1. The topological polar surface area (TPSA) is 57.2 Å². The molecule has 0 saturated heterocycles. The molecular weight excluding hydrogens is 510 g/mol. The van der Waals surface area contributed by atoms with Crippen LogP contribution in [0, 0.1) is 17.7 Å². The largest absolute Gasteiger partial charge is 0.744 e. The quantitative estimate of drug-likeness (QED) is 0.0848. The van der Waals surface area contributed by atoms with Crippen LogP contribution in [0.4, 0.5) is 0 Å². The monoisotopic (exact) mass is 557 g/mol. The van der Waals surface area contributed by atoms with Crippen molar-refractivity contribution in [2.75, 3.05) is 26.2 Å². The molecule has 0 aromatic heterocycles. The first-order valence-corrected chi connectivity index (χ1v) is 15.4. The molecule has 4 nitrogen and oxygen atoms in total. The minimum atomic E-state index is -4.27. The zero-order chi connectivity index (χ0) is 25.7. The second-order valence-electron chi connectivity index (χ2n) is 9.39. The van der Waals surface area contributed by atoms with Gasteiger partial charge in [0.05, 0.1) is 24.5 Å². The molecule has 1 rings (SSSR count). The average Bonchev–Trinajstić information content (AvgIpc) is 2.81. The molecule has 0 spiro atoms. The fraction of sp³-hybridized carbons (Fsp3) is 0.714. The summed E-state index contributed by atoms with van der Waals surface area (Å²) in [6.45, 7) is 13.8. The Hall–Kier alpha value is -0.870. The van der Waals surface area contributed by atoms with Crippen LogP contribution in [0.5, 0.6) is 0 Å². The third kappa shape index (κ3) is 16.7. The highest BCUT2D eigenvalue weighted by Crippen LogP contribution is 2.17. The Kier molecular flexibility index (Phi) is 19.8. The maximum absolute atomic E-state index is 10.4. The lowest BCUT2D eigenvalue weighted by Gasteiger charge is -2.37. The Labute approximate surface area is 219 Å². The lowest BCUT2D eigenvalue weighted by Crippen LogP contribution is -2.50. The van der Waals surface area contributed by atoms with Crippen LogP contribution in [0.25, 0.3) is 0 Å². The summed E-state index contributed by atoms with van der Waals surface area (Å²) in [6, 6.07) is 5.78. The number of benzene rings is 1. The lowest BCUT2D eigenvalue weighted by atomic mass is 10.1. The first-order valence-electron chi connectivity index (χ1n) is 13.2. The van der Waals surface area contributed by atoms with E-state index in [2.05, 4.69) is 47.5 Å². The second kappa shape index (κ2) is 20.3. The lowest BCUT2D eigenvalue weighted by molar-refractivity contribution is -0.922. The van der Waals surface area contributed by atoms with Gasteiger partial charge >= 0.3 is 0 Å². The highest BCUT2D eigenvalue weighted by Gasteiger charge is 2.25. The zero-order valence-electron chi connectivity index (χ0n) is 22.1. The number of quaternary nitrogens is 1. The van der Waals surface area contributed by atoms with E-state index < -0.39 is 10.1 Å². The molecule has 1 aromatic rings. The van der Waals surface area contributed by atoms with Gasteiger partial charge in [0.2, 0.25) is 0 Å². The molecule has 0 bridgehead atoms. The van der Waals surface area contributed by atoms with E-state index in [1.165, 1.54) is 113 Å². The van der Waals surface area contributed by atoms with Gasteiger partial charge in [-0.2, -0.15) is 0 Å². The molecular formula is C28H48BrNO3S. The summed E-state index contributed by atoms with van der Waals surface area (Å²) in [5.41, 5.74) is 0.928. The molecule has 0 aliphatic rings. The average molecular weight is 559 g/mol. The van der Waals surface area contributed by atoms with Crippen molar-refractivity contribution >= 4 is 26.0 Å². The van der Waals surface area contributed by atoms with Gasteiger partial charge < -0.3 is 9.04 Å². The van der Waals surface area contributed by atoms with Crippen molar-refractivity contribution in [2.24, 2.45) is 0 Å². The van der Waals surface area contributed by atoms with Crippen molar-refractivity contribution in [2.45, 2.75) is 110 Å². The van der Waals surface area contributed by atoms with Crippen molar-refractivity contribution in [1.29, 1.82) is 0 Å². The molecule has 6 heteroatoms. The molecule has 0 atom stereocenters. The van der Waals surface area contributed by atoms with Gasteiger partial charge in [0, 0.05) is 15.9 Å². The van der Waals surface area contributed by atoms with E-state index in [-0.39, 0.29) is 4.90 Å². The molecule has 0 aliphatic carbocycles. The third-order valence-electron chi connectivity index (χ3n) is 6.25. The molecule has 1 aromatic carbocycles. The number of nitrogens with zero attached hydrogens (tertiary/aromatic N) is 1. The van der Waals surface area contributed by atoms with Crippen LogP contribution >= 0.6 is 15.9 Å². The van der Waals surface area contributed by atoms with Gasteiger partial charge in [-0.3, -0.25) is 0 Å². The summed E-state index contributed by atoms with van der Waals surface area (Å²) >= 11 is 3.31. The van der Waals surface area contributed by atoms with Crippen LogP contribution in [0.2, 0.25) is 0 Å². The van der Waals surface area contributed by atoms with Crippen molar-refractivity contribution in [3.05, 3.63) is 29.8 Å². The van der Waals surface area contributed by atoms with Gasteiger partial charge in [-0.05, 0) is 68.3 Å². The Balaban J connectivity index is 0.000000818. The smallest absolute Gasteiger partial charge is 0.141 e. The number of halogens is 1. The fourth-order valence-corrected chi connectivity index (χ4v) is 4.69. The van der Waals surface area contributed by atoms with Gasteiger partial charge in [-0.25, -0.2) is 8.42 Å². The van der Waals surface area contributed by atoms with Crippen LogP contribution in [0.3, 0.4) is 0 Å². The Morgan fingerprint density at radius 3 is 1.50 bits per heavy atom. The Morgan fingerprint density at radius 2 is 1.18 bits per heavy atom. The second-order valence-corrected chi connectivity index (χ2v) is 11.2. The predicted molar refractivity (Wildman–Crippen MR) is 148 cm³/mol. The molecule has 34 heavy (non-hydrogen) atoms. The van der Waals surface area contributed by atoms with Gasteiger partial charge in [0.15, 0.2) is 0 Å². The normalized spacial score (nSPS) is 11.4. The zero-order valence-corrected chi connectivity index (χ0v) is 24.5. The molecule has 0 N–H and O–H groups in total. The molecule has 0 heterocycles. The molecule has 0 radical (unpaired) electrons. The van der Waals surface area contributed by atoms with Gasteiger partial charge in [0.1, 0.15) is 16.7 Å². The maximum atomic E-state index is 10.4. The first-order chi connectivity index (χ1) is 16.2. The van der Waals surface area contributed by atoms with E-state index in [0.29, 0.717) is 0 Å². The van der Waals surface area contributed by atoms with E-state index in [9.17, 15) is 13.0 Å². The molecule has 0 amide bonds. The summed E-state index contributed by atoms with van der Waals surface area (Å²) in [6.07, 6.45) is 16.4. The third-order valence-corrected chi connectivity index (χ3v) is 7.38. The first kappa shape index (κ1) is 33.1. The number of hydrogen-bond donors (Lipinski definition) is 0. The molecule has 0 aliphatic heterocycles. The van der Waals surface area contributed by atoms with Crippen molar-refractivity contribution < 1.29 is 17.5 Å². The molecule has 196 valence electrons. The summed E-state index contributed by atoms with van der Waals surface area (Å²) in [5.74, 6) is 3.35. The summed E-state index contributed by atoms with van der Waals surface area (Å²) in [5, 5.41) is 0. The molecule has 0 saturated carbocycles. The maximum Gasteiger partial charge on any atom is 0.141 e. The van der Waals surface area contributed by atoms with Crippen LogP contribution in [-0.4, -0.2) is 43.6 Å². The summed E-state index contributed by atoms with van der Waals surface area (Å²) in [7, 11) is -4.27. The molecule has 0 unspecified atom stereocenters. The predicted octanol–water partition coefficient (Wildman–Crippen LogP) is 7.80.